The Kier molecular flexibility index (Phi) is 4.18. The van der Waals surface area contributed by atoms with Crippen LogP contribution in [-0.4, -0.2) is 14.7 Å². The van der Waals surface area contributed by atoms with E-state index in [1.165, 1.54) is 0 Å². The highest BCUT2D eigenvalue weighted by atomic mass is 79.9. The first-order valence-corrected chi connectivity index (χ1v) is 7.51. The molecule has 106 valence electrons. The summed E-state index contributed by atoms with van der Waals surface area (Å²) in [6, 6.07) is 16.2. The summed E-state index contributed by atoms with van der Waals surface area (Å²) in [5.74, 6) is 0. The second kappa shape index (κ2) is 6.24. The van der Waals surface area contributed by atoms with Gasteiger partial charge in [0.25, 0.3) is 0 Å². The van der Waals surface area contributed by atoms with Crippen molar-refractivity contribution in [2.75, 3.05) is 0 Å². The molecular formula is C17H15BrN2O. The van der Waals surface area contributed by atoms with E-state index in [1.54, 1.807) is 12.5 Å². The third-order valence-electron chi connectivity index (χ3n) is 3.42. The maximum Gasteiger partial charge on any atom is 0.0969 e. The summed E-state index contributed by atoms with van der Waals surface area (Å²) < 4.78 is 2.94. The van der Waals surface area contributed by atoms with Crippen LogP contribution in [-0.2, 0) is 6.54 Å². The lowest BCUT2D eigenvalue weighted by molar-refractivity contribution is 0.156. The average molecular weight is 343 g/mol. The first-order chi connectivity index (χ1) is 10.2. The topological polar surface area (TPSA) is 38.0 Å². The van der Waals surface area contributed by atoms with Crippen LogP contribution in [0.3, 0.4) is 0 Å². The third kappa shape index (κ3) is 3.40. The molecule has 0 fully saturated rings. The van der Waals surface area contributed by atoms with Crippen molar-refractivity contribution in [3.8, 4) is 11.1 Å². The third-order valence-corrected chi connectivity index (χ3v) is 3.94. The minimum absolute atomic E-state index is 0.512. The van der Waals surface area contributed by atoms with Crippen LogP contribution in [0.2, 0.25) is 0 Å². The van der Waals surface area contributed by atoms with Gasteiger partial charge in [0.05, 0.1) is 19.0 Å². The van der Waals surface area contributed by atoms with Gasteiger partial charge in [-0.1, -0.05) is 52.3 Å². The molecule has 0 spiro atoms. The molecule has 2 aromatic carbocycles. The molecule has 1 aromatic heterocycles. The molecule has 21 heavy (non-hydrogen) atoms. The minimum atomic E-state index is -0.529. The van der Waals surface area contributed by atoms with Gasteiger partial charge in [-0.25, -0.2) is 4.98 Å². The van der Waals surface area contributed by atoms with Crippen LogP contribution in [0, 0.1) is 0 Å². The van der Waals surface area contributed by atoms with Crippen molar-refractivity contribution in [2.45, 2.75) is 12.6 Å². The number of imidazole rings is 1. The highest BCUT2D eigenvalue weighted by Gasteiger charge is 2.08. The van der Waals surface area contributed by atoms with Gasteiger partial charge in [-0.15, -0.1) is 0 Å². The van der Waals surface area contributed by atoms with Crippen LogP contribution in [0.4, 0.5) is 0 Å². The van der Waals surface area contributed by atoms with Crippen LogP contribution >= 0.6 is 15.9 Å². The number of aliphatic hydroxyl groups excluding tert-OH is 1. The summed E-state index contributed by atoms with van der Waals surface area (Å²) in [7, 11) is 0. The van der Waals surface area contributed by atoms with Crippen LogP contribution in [0.25, 0.3) is 11.1 Å². The van der Waals surface area contributed by atoms with Gasteiger partial charge in [-0.2, -0.15) is 0 Å². The molecule has 1 heterocycles. The van der Waals surface area contributed by atoms with E-state index in [4.69, 9.17) is 0 Å². The summed E-state index contributed by atoms with van der Waals surface area (Å²) in [6.45, 7) is 0.512. The summed E-state index contributed by atoms with van der Waals surface area (Å²) >= 11 is 3.44. The van der Waals surface area contributed by atoms with Crippen molar-refractivity contribution in [1.29, 1.82) is 0 Å². The minimum Gasteiger partial charge on any atom is -0.387 e. The molecule has 3 rings (SSSR count). The van der Waals surface area contributed by atoms with Crippen molar-refractivity contribution in [3.05, 3.63) is 77.3 Å². The molecule has 0 amide bonds. The number of halogens is 1. The molecule has 4 heteroatoms. The summed E-state index contributed by atoms with van der Waals surface area (Å²) in [6.07, 6.45) is 4.74. The van der Waals surface area contributed by atoms with E-state index in [-0.39, 0.29) is 0 Å². The Morgan fingerprint density at radius 1 is 1.00 bits per heavy atom. The van der Waals surface area contributed by atoms with Crippen molar-refractivity contribution in [1.82, 2.24) is 9.55 Å². The van der Waals surface area contributed by atoms with Gasteiger partial charge in [0.15, 0.2) is 0 Å². The maximum absolute atomic E-state index is 10.2. The largest absolute Gasteiger partial charge is 0.387 e. The van der Waals surface area contributed by atoms with Gasteiger partial charge in [0.2, 0.25) is 0 Å². The van der Waals surface area contributed by atoms with Gasteiger partial charge in [-0.3, -0.25) is 0 Å². The molecule has 1 unspecified atom stereocenters. The van der Waals surface area contributed by atoms with E-state index in [9.17, 15) is 5.11 Å². The summed E-state index contributed by atoms with van der Waals surface area (Å²) in [4.78, 5) is 3.98. The first kappa shape index (κ1) is 14.0. The lowest BCUT2D eigenvalue weighted by Crippen LogP contribution is -2.06. The van der Waals surface area contributed by atoms with E-state index in [2.05, 4.69) is 33.0 Å². The fourth-order valence-electron chi connectivity index (χ4n) is 2.24. The molecule has 1 atom stereocenters. The zero-order chi connectivity index (χ0) is 14.7. The summed E-state index contributed by atoms with van der Waals surface area (Å²) in [5.41, 5.74) is 3.21. The van der Waals surface area contributed by atoms with Crippen LogP contribution < -0.4 is 0 Å². The Hall–Kier alpha value is -1.91. The van der Waals surface area contributed by atoms with Crippen LogP contribution in [0.15, 0.2) is 71.7 Å². The highest BCUT2D eigenvalue weighted by molar-refractivity contribution is 9.10. The Morgan fingerprint density at radius 2 is 1.62 bits per heavy atom. The van der Waals surface area contributed by atoms with Crippen molar-refractivity contribution in [2.24, 2.45) is 0 Å². The number of nitrogens with zero attached hydrogens (tertiary/aromatic N) is 2. The lowest BCUT2D eigenvalue weighted by Gasteiger charge is -2.12. The Morgan fingerprint density at radius 3 is 2.19 bits per heavy atom. The van der Waals surface area contributed by atoms with E-state index in [1.807, 2.05) is 47.2 Å². The molecule has 1 N–H and O–H groups in total. The molecule has 0 aliphatic carbocycles. The Bertz CT molecular complexity index is 691. The standard InChI is InChI=1S/C17H15BrN2O/c18-16-7-5-14(6-8-16)13-1-3-15(4-2-13)17(21)11-20-10-9-19-12-20/h1-10,12,17,21H,11H2. The quantitative estimate of drug-likeness (QED) is 0.776. The molecule has 0 bridgehead atoms. The van der Waals surface area contributed by atoms with Crippen molar-refractivity contribution >= 4 is 15.9 Å². The predicted octanol–water partition coefficient (Wildman–Crippen LogP) is 4.05. The lowest BCUT2D eigenvalue weighted by atomic mass is 10.0. The second-order valence-electron chi connectivity index (χ2n) is 4.90. The molecular weight excluding hydrogens is 328 g/mol. The fraction of sp³-hybridized carbons (Fsp3) is 0.118. The van der Waals surface area contributed by atoms with Gasteiger partial charge in [-0.05, 0) is 28.8 Å². The molecule has 0 radical (unpaired) electrons. The van der Waals surface area contributed by atoms with E-state index in [0.29, 0.717) is 6.54 Å². The number of benzene rings is 2. The molecule has 3 nitrogen and oxygen atoms in total. The molecule has 0 aliphatic heterocycles. The number of aromatic nitrogens is 2. The Balaban J connectivity index is 1.75. The normalized spacial score (nSPS) is 12.3. The van der Waals surface area contributed by atoms with Crippen molar-refractivity contribution in [3.63, 3.8) is 0 Å². The number of hydrogen-bond acceptors (Lipinski definition) is 2. The number of rotatable bonds is 4. The van der Waals surface area contributed by atoms with Crippen LogP contribution in [0.1, 0.15) is 11.7 Å². The highest BCUT2D eigenvalue weighted by Crippen LogP contribution is 2.24. The van der Waals surface area contributed by atoms with Gasteiger partial charge < -0.3 is 9.67 Å². The number of aliphatic hydroxyl groups is 1. The molecule has 0 saturated heterocycles. The summed E-state index contributed by atoms with van der Waals surface area (Å²) in [5, 5.41) is 10.2. The molecule has 0 saturated carbocycles. The Labute approximate surface area is 132 Å². The second-order valence-corrected chi connectivity index (χ2v) is 5.82. The zero-order valence-corrected chi connectivity index (χ0v) is 12.9. The number of hydrogen-bond donors (Lipinski definition) is 1. The van der Waals surface area contributed by atoms with E-state index >= 15 is 0 Å². The van der Waals surface area contributed by atoms with E-state index in [0.717, 1.165) is 21.2 Å². The fourth-order valence-corrected chi connectivity index (χ4v) is 2.50. The first-order valence-electron chi connectivity index (χ1n) is 6.72. The SMILES string of the molecule is OC(Cn1ccnc1)c1ccc(-c2ccc(Br)cc2)cc1. The smallest absolute Gasteiger partial charge is 0.0969 e. The van der Waals surface area contributed by atoms with Crippen molar-refractivity contribution < 1.29 is 5.11 Å². The predicted molar refractivity (Wildman–Crippen MR) is 86.8 cm³/mol. The average Bonchev–Trinajstić information content (AvgIpc) is 3.01. The maximum atomic E-state index is 10.2. The zero-order valence-electron chi connectivity index (χ0n) is 11.4. The molecule has 0 aliphatic rings. The van der Waals surface area contributed by atoms with Gasteiger partial charge >= 0.3 is 0 Å². The van der Waals surface area contributed by atoms with Gasteiger partial charge in [0.1, 0.15) is 0 Å². The van der Waals surface area contributed by atoms with Crippen LogP contribution in [0.5, 0.6) is 0 Å². The monoisotopic (exact) mass is 342 g/mol. The van der Waals surface area contributed by atoms with Gasteiger partial charge in [0, 0.05) is 16.9 Å². The molecule has 3 aromatic rings. The van der Waals surface area contributed by atoms with E-state index < -0.39 is 6.10 Å².